The lowest BCUT2D eigenvalue weighted by molar-refractivity contribution is -0.939. The number of hydrogen-bond acceptors (Lipinski definition) is 3. The van der Waals surface area contributed by atoms with Gasteiger partial charge in [-0.2, -0.15) is 10.2 Å². The molecule has 0 spiro atoms. The number of hydrogen-bond donors (Lipinski definition) is 1. The van der Waals surface area contributed by atoms with Gasteiger partial charge in [-0.25, -0.2) is 0 Å². The van der Waals surface area contributed by atoms with Crippen LogP contribution in [0.2, 0.25) is 0 Å². The quantitative estimate of drug-likeness (QED) is 0.479. The molecule has 1 N–H and O–H groups in total. The summed E-state index contributed by atoms with van der Waals surface area (Å²) in [6.45, 7) is 0. The third kappa shape index (κ3) is 1.10. The summed E-state index contributed by atoms with van der Waals surface area (Å²) in [6.07, 6.45) is 5.00. The Bertz CT molecular complexity index is 784. The van der Waals surface area contributed by atoms with E-state index in [2.05, 4.69) is 25.9 Å². The first kappa shape index (κ1) is 10.1. The van der Waals surface area contributed by atoms with E-state index in [-0.39, 0.29) is 5.17 Å². The zero-order valence-corrected chi connectivity index (χ0v) is 10.6. The molecule has 0 saturated heterocycles. The van der Waals surface area contributed by atoms with Crippen LogP contribution in [0.5, 0.6) is 0 Å². The maximum absolute atomic E-state index is 12.3. The zero-order chi connectivity index (χ0) is 12.3. The van der Waals surface area contributed by atoms with Gasteiger partial charge in [0.15, 0.2) is 11.7 Å². The lowest BCUT2D eigenvalue weighted by Crippen LogP contribution is -3.05. The second-order valence-electron chi connectivity index (χ2n) is 4.00. The SMILES string of the molecule is [O-][NH+]1c2nccnc2-[n+]2cc3cccc(Br)c3n21. The summed E-state index contributed by atoms with van der Waals surface area (Å²) in [4.78, 5) is 9.90. The van der Waals surface area contributed by atoms with Gasteiger partial charge < -0.3 is 5.21 Å². The molecular weight excluding hydrogens is 298 g/mol. The highest BCUT2D eigenvalue weighted by atomic mass is 79.9. The van der Waals surface area contributed by atoms with Crippen molar-refractivity contribution in [2.45, 2.75) is 0 Å². The molecule has 0 bridgehead atoms. The van der Waals surface area contributed by atoms with Gasteiger partial charge in [-0.15, -0.1) is 0 Å². The van der Waals surface area contributed by atoms with Crippen LogP contribution >= 0.6 is 15.9 Å². The molecule has 0 radical (unpaired) electrons. The van der Waals surface area contributed by atoms with Crippen LogP contribution in [-0.4, -0.2) is 14.8 Å². The molecular formula is C11H7BrN5O+. The van der Waals surface area contributed by atoms with Crippen molar-refractivity contribution in [1.82, 2.24) is 14.8 Å². The van der Waals surface area contributed by atoms with E-state index in [1.807, 2.05) is 24.4 Å². The molecule has 6 nitrogen and oxygen atoms in total. The van der Waals surface area contributed by atoms with Crippen LogP contribution in [0.15, 0.2) is 41.3 Å². The summed E-state index contributed by atoms with van der Waals surface area (Å²) in [5, 5.41) is 13.2. The Balaban J connectivity index is 2.17. The Hall–Kier alpha value is -1.83. The fraction of sp³-hybridized carbons (Fsp3) is 0. The van der Waals surface area contributed by atoms with Gasteiger partial charge in [0, 0.05) is 0 Å². The lowest BCUT2D eigenvalue weighted by atomic mass is 10.3. The van der Waals surface area contributed by atoms with Gasteiger partial charge in [0.05, 0.1) is 16.1 Å². The van der Waals surface area contributed by atoms with Crippen LogP contribution in [0.3, 0.4) is 0 Å². The number of halogens is 1. The summed E-state index contributed by atoms with van der Waals surface area (Å²) in [6, 6.07) is 5.81. The molecule has 1 aliphatic heterocycles. The van der Waals surface area contributed by atoms with E-state index >= 15 is 0 Å². The fourth-order valence-electron chi connectivity index (χ4n) is 2.26. The Morgan fingerprint density at radius 3 is 3.00 bits per heavy atom. The molecule has 1 atom stereocenters. The van der Waals surface area contributed by atoms with Crippen LogP contribution in [-0.2, 0) is 0 Å². The second-order valence-corrected chi connectivity index (χ2v) is 4.85. The first-order valence-corrected chi connectivity index (χ1v) is 6.14. The monoisotopic (exact) mass is 304 g/mol. The van der Waals surface area contributed by atoms with Crippen LogP contribution in [0.1, 0.15) is 0 Å². The third-order valence-electron chi connectivity index (χ3n) is 3.00. The minimum absolute atomic E-state index is 0.153. The minimum atomic E-state index is -0.153. The van der Waals surface area contributed by atoms with E-state index in [0.29, 0.717) is 11.6 Å². The summed E-state index contributed by atoms with van der Waals surface area (Å²) in [5.74, 6) is 0.959. The minimum Gasteiger partial charge on any atom is -0.598 e. The Morgan fingerprint density at radius 2 is 2.11 bits per heavy atom. The molecule has 1 aliphatic rings. The molecule has 3 aromatic rings. The Kier molecular flexibility index (Phi) is 1.88. The number of quaternary nitrogens is 1. The Morgan fingerprint density at radius 1 is 1.28 bits per heavy atom. The van der Waals surface area contributed by atoms with E-state index in [1.54, 1.807) is 15.7 Å². The largest absolute Gasteiger partial charge is 0.598 e. The molecule has 4 rings (SSSR count). The van der Waals surface area contributed by atoms with Gasteiger partial charge in [0.2, 0.25) is 0 Å². The topological polar surface area (TPSA) is 62.1 Å². The summed E-state index contributed by atoms with van der Waals surface area (Å²) in [5.41, 5.74) is 0.835. The summed E-state index contributed by atoms with van der Waals surface area (Å²) in [7, 11) is 0. The molecule has 18 heavy (non-hydrogen) atoms. The van der Waals surface area contributed by atoms with Crippen molar-refractivity contribution in [2.75, 3.05) is 0 Å². The molecule has 3 heterocycles. The molecule has 0 amide bonds. The number of aromatic nitrogens is 4. The Labute approximate surface area is 110 Å². The standard InChI is InChI=1S/C11H7BrN5O/c12-8-3-1-2-7-6-15-10-11(14-5-4-13-10)17(18)16(15)9(7)8/h1-6,17H/q+1. The molecule has 0 saturated carbocycles. The van der Waals surface area contributed by atoms with Gasteiger partial charge in [-0.1, -0.05) is 10.7 Å². The van der Waals surface area contributed by atoms with Gasteiger partial charge in [-0.3, -0.25) is 0 Å². The smallest absolute Gasteiger partial charge is 0.436 e. The highest BCUT2D eigenvalue weighted by Gasteiger charge is 2.38. The molecule has 2 aromatic heterocycles. The number of benzene rings is 1. The van der Waals surface area contributed by atoms with E-state index < -0.39 is 0 Å². The van der Waals surface area contributed by atoms with Gasteiger partial charge >= 0.3 is 11.6 Å². The average Bonchev–Trinajstić information content (AvgIpc) is 2.89. The normalized spacial score (nSPS) is 16.9. The van der Waals surface area contributed by atoms with Crippen molar-refractivity contribution in [3.63, 3.8) is 0 Å². The fourth-order valence-corrected chi connectivity index (χ4v) is 2.81. The van der Waals surface area contributed by atoms with Crippen LogP contribution in [0, 0.1) is 5.21 Å². The average molecular weight is 305 g/mol. The number of para-hydroxylation sites is 1. The van der Waals surface area contributed by atoms with E-state index in [4.69, 9.17) is 0 Å². The number of fused-ring (bicyclic) bond motifs is 5. The van der Waals surface area contributed by atoms with Crippen molar-refractivity contribution in [3.8, 4) is 5.82 Å². The predicted molar refractivity (Wildman–Crippen MR) is 66.1 cm³/mol. The predicted octanol–water partition coefficient (Wildman–Crippen LogP) is 0.261. The maximum Gasteiger partial charge on any atom is 0.436 e. The first-order chi connectivity index (χ1) is 8.77. The summed E-state index contributed by atoms with van der Waals surface area (Å²) >= 11 is 3.47. The number of nitrogens with one attached hydrogen (secondary N) is 1. The van der Waals surface area contributed by atoms with Crippen molar-refractivity contribution in [1.29, 1.82) is 0 Å². The van der Waals surface area contributed by atoms with Crippen molar-refractivity contribution in [2.24, 2.45) is 0 Å². The number of rotatable bonds is 0. The number of nitrogens with zero attached hydrogens (tertiary/aromatic N) is 4. The van der Waals surface area contributed by atoms with Gasteiger partial charge in [0.25, 0.3) is 0 Å². The molecule has 0 aliphatic carbocycles. The second kappa shape index (κ2) is 3.35. The van der Waals surface area contributed by atoms with Gasteiger partial charge in [0.1, 0.15) is 6.20 Å². The molecule has 88 valence electrons. The van der Waals surface area contributed by atoms with Crippen molar-refractivity contribution < 1.29 is 9.85 Å². The third-order valence-corrected chi connectivity index (χ3v) is 3.64. The van der Waals surface area contributed by atoms with Crippen molar-refractivity contribution in [3.05, 3.63) is 46.5 Å². The molecule has 7 heteroatoms. The van der Waals surface area contributed by atoms with Gasteiger partial charge in [-0.05, 0) is 37.8 Å². The van der Waals surface area contributed by atoms with Crippen LogP contribution < -0.4 is 9.85 Å². The molecule has 1 aromatic carbocycles. The first-order valence-electron chi connectivity index (χ1n) is 5.35. The van der Waals surface area contributed by atoms with Crippen LogP contribution in [0.25, 0.3) is 16.7 Å². The maximum atomic E-state index is 12.3. The van der Waals surface area contributed by atoms with Crippen molar-refractivity contribution >= 4 is 32.7 Å². The highest BCUT2D eigenvalue weighted by molar-refractivity contribution is 9.10. The zero-order valence-electron chi connectivity index (χ0n) is 9.04. The molecule has 1 unspecified atom stereocenters. The molecule has 0 fully saturated rings. The lowest BCUT2D eigenvalue weighted by Gasteiger charge is -2.12. The highest BCUT2D eigenvalue weighted by Crippen LogP contribution is 2.24. The summed E-state index contributed by atoms with van der Waals surface area (Å²) < 4.78 is 2.61. The van der Waals surface area contributed by atoms with E-state index in [9.17, 15) is 5.21 Å². The van der Waals surface area contributed by atoms with Crippen LogP contribution in [0.4, 0.5) is 5.82 Å². The van der Waals surface area contributed by atoms with E-state index in [1.165, 1.54) is 6.20 Å². The van der Waals surface area contributed by atoms with E-state index in [0.717, 1.165) is 15.4 Å².